The van der Waals surface area contributed by atoms with Crippen LogP contribution in [-0.2, 0) is 0 Å². The Morgan fingerprint density at radius 2 is 0.927 bits per heavy atom. The van der Waals surface area contributed by atoms with Crippen molar-refractivity contribution in [3.63, 3.8) is 0 Å². The first-order valence-electron chi connectivity index (χ1n) is 19.1. The maximum absolute atomic E-state index is 2.69. The first-order valence-corrected chi connectivity index (χ1v) is 19.1. The largest absolute Gasteiger partial charge is 0.374 e. The smallest absolute Gasteiger partial charge is 0.351 e. The molecule has 8 aromatic carbocycles. The number of fused-ring (bicyclic) bond motifs is 13. The molecule has 254 valence electrons. The summed E-state index contributed by atoms with van der Waals surface area (Å²) in [5.74, 6) is 0. The maximum Gasteiger partial charge on any atom is 0.351 e. The minimum Gasteiger partial charge on any atom is -0.374 e. The summed E-state index contributed by atoms with van der Waals surface area (Å²) in [6.07, 6.45) is 0. The van der Waals surface area contributed by atoms with Gasteiger partial charge in [0.1, 0.15) is 0 Å². The van der Waals surface area contributed by atoms with Crippen LogP contribution in [0.4, 0.5) is 17.1 Å². The molecule has 0 saturated carbocycles. The Hall–Kier alpha value is -7.24. The number of benzene rings is 8. The minimum absolute atomic E-state index is 0.0939. The zero-order valence-corrected chi connectivity index (χ0v) is 29.8. The Bertz CT molecular complexity index is 3370. The number of rotatable bonds is 3. The summed E-state index contributed by atoms with van der Waals surface area (Å²) in [4.78, 5) is 2.53. The van der Waals surface area contributed by atoms with E-state index in [9.17, 15) is 0 Å². The third-order valence-corrected chi connectivity index (χ3v) is 12.2. The quantitative estimate of drug-likeness (QED) is 0.168. The number of para-hydroxylation sites is 6. The predicted octanol–water partition coefficient (Wildman–Crippen LogP) is 11.3. The molecule has 2 aliphatic heterocycles. The highest BCUT2D eigenvalue weighted by molar-refractivity contribution is 6.90. The molecule has 0 bridgehead atoms. The lowest BCUT2D eigenvalue weighted by Gasteiger charge is -2.39. The van der Waals surface area contributed by atoms with Crippen LogP contribution in [0.3, 0.4) is 0 Å². The summed E-state index contributed by atoms with van der Waals surface area (Å²) >= 11 is 0. The van der Waals surface area contributed by atoms with E-state index in [1.54, 1.807) is 0 Å². The van der Waals surface area contributed by atoms with Crippen molar-refractivity contribution >= 4 is 89.5 Å². The van der Waals surface area contributed by atoms with Gasteiger partial charge in [-0.25, -0.2) is 0 Å². The molecule has 5 heterocycles. The van der Waals surface area contributed by atoms with Gasteiger partial charge in [0.15, 0.2) is 0 Å². The van der Waals surface area contributed by atoms with Crippen LogP contribution in [0.5, 0.6) is 0 Å². The molecule has 13 rings (SSSR count). The summed E-state index contributed by atoms with van der Waals surface area (Å²) < 4.78 is 7.70. The molecule has 0 saturated heterocycles. The van der Waals surface area contributed by atoms with E-state index in [2.05, 4.69) is 207 Å². The zero-order chi connectivity index (χ0) is 35.8. The molecule has 55 heavy (non-hydrogen) atoms. The molecule has 0 aliphatic carbocycles. The second-order valence-corrected chi connectivity index (χ2v) is 14.9. The van der Waals surface area contributed by atoms with Crippen LogP contribution in [0.15, 0.2) is 188 Å². The number of hydrogen-bond donors (Lipinski definition) is 0. The van der Waals surface area contributed by atoms with Crippen molar-refractivity contribution in [2.75, 3.05) is 4.90 Å². The molecule has 5 heteroatoms. The molecule has 0 spiro atoms. The summed E-state index contributed by atoms with van der Waals surface area (Å²) in [6, 6.07) is 69.2. The van der Waals surface area contributed by atoms with E-state index < -0.39 is 0 Å². The first kappa shape index (κ1) is 29.2. The lowest BCUT2D eigenvalue weighted by molar-refractivity contribution is 1.14. The van der Waals surface area contributed by atoms with Gasteiger partial charge < -0.3 is 18.5 Å². The minimum atomic E-state index is -0.0939. The average molecular weight is 699 g/mol. The van der Waals surface area contributed by atoms with Crippen LogP contribution in [0.1, 0.15) is 0 Å². The van der Waals surface area contributed by atoms with E-state index in [0.29, 0.717) is 0 Å². The average Bonchev–Trinajstić information content (AvgIpc) is 3.90. The molecule has 0 atom stereocenters. The lowest BCUT2D eigenvalue weighted by atomic mass is 9.47. The Morgan fingerprint density at radius 1 is 0.382 bits per heavy atom. The molecule has 3 aromatic heterocycles. The first-order chi connectivity index (χ1) is 27.4. The van der Waals surface area contributed by atoms with Gasteiger partial charge in [-0.2, -0.15) is 0 Å². The molecule has 0 amide bonds. The molecular weight excluding hydrogens is 667 g/mol. The third-order valence-electron chi connectivity index (χ3n) is 12.2. The summed E-state index contributed by atoms with van der Waals surface area (Å²) in [5, 5.41) is 6.41. The molecule has 0 radical (unpaired) electrons. The number of nitrogens with zero attached hydrogens (tertiary/aromatic N) is 4. The van der Waals surface area contributed by atoms with Crippen molar-refractivity contribution in [3.8, 4) is 22.5 Å². The highest BCUT2D eigenvalue weighted by Gasteiger charge is 2.46. The van der Waals surface area contributed by atoms with E-state index in [4.69, 9.17) is 0 Å². The van der Waals surface area contributed by atoms with Gasteiger partial charge in [0, 0.05) is 71.9 Å². The van der Waals surface area contributed by atoms with Gasteiger partial charge in [0.25, 0.3) is 0 Å². The van der Waals surface area contributed by atoms with Crippen molar-refractivity contribution in [1.29, 1.82) is 0 Å². The summed E-state index contributed by atoms with van der Waals surface area (Å²) in [6.45, 7) is -0.0939. The Balaban J connectivity index is 1.28. The van der Waals surface area contributed by atoms with Gasteiger partial charge in [-0.15, -0.1) is 0 Å². The van der Waals surface area contributed by atoms with Crippen molar-refractivity contribution in [1.82, 2.24) is 13.6 Å². The van der Waals surface area contributed by atoms with Crippen LogP contribution in [-0.4, -0.2) is 20.5 Å². The maximum atomic E-state index is 2.69. The fraction of sp³-hybridized carbons (Fsp3) is 0. The third kappa shape index (κ3) is 3.67. The number of aromatic nitrogens is 3. The number of anilines is 3. The van der Waals surface area contributed by atoms with Crippen LogP contribution in [0.25, 0.3) is 77.0 Å². The second-order valence-electron chi connectivity index (χ2n) is 14.9. The van der Waals surface area contributed by atoms with Gasteiger partial charge in [-0.3, -0.25) is 0 Å². The molecule has 11 aromatic rings. The van der Waals surface area contributed by atoms with Crippen LogP contribution in [0.2, 0.25) is 0 Å². The van der Waals surface area contributed by atoms with Gasteiger partial charge in [0.05, 0.1) is 22.2 Å². The summed E-state index contributed by atoms with van der Waals surface area (Å²) in [7, 11) is 0. The molecule has 0 N–H and O–H groups in total. The van der Waals surface area contributed by atoms with E-state index >= 15 is 0 Å². The van der Waals surface area contributed by atoms with Gasteiger partial charge in [-0.1, -0.05) is 121 Å². The normalized spacial score (nSPS) is 13.0. The molecular formula is C50H31BN4. The van der Waals surface area contributed by atoms with E-state index in [1.165, 1.54) is 93.8 Å². The fourth-order valence-electron chi connectivity index (χ4n) is 10.2. The standard InChI is InChI=1S/C50H31BN4/c1-4-17-32(18-5-1)52-40-27-13-10-23-36(40)45-44(52)31-39-35-26-16-30-43-47(35)51(55-42-29-15-11-24-37(42)46(45)48(39)55)50-49(53(43)33-19-6-2-7-20-33)38-25-12-14-28-41(38)54(50)34-21-8-3-9-22-34/h1-31H. The van der Waals surface area contributed by atoms with Crippen molar-refractivity contribution in [3.05, 3.63) is 188 Å². The van der Waals surface area contributed by atoms with E-state index in [1.807, 2.05) is 0 Å². The number of hydrogen-bond acceptors (Lipinski definition) is 1. The zero-order valence-electron chi connectivity index (χ0n) is 29.8. The van der Waals surface area contributed by atoms with Gasteiger partial charge in [-0.05, 0) is 77.8 Å². The predicted molar refractivity (Wildman–Crippen MR) is 231 cm³/mol. The Morgan fingerprint density at radius 3 is 1.62 bits per heavy atom. The van der Waals surface area contributed by atoms with Gasteiger partial charge in [0.2, 0.25) is 0 Å². The van der Waals surface area contributed by atoms with E-state index in [0.717, 1.165) is 11.4 Å². The Kier molecular flexibility index (Phi) is 5.68. The Labute approximate surface area is 317 Å². The molecule has 4 nitrogen and oxygen atoms in total. The molecule has 0 fully saturated rings. The van der Waals surface area contributed by atoms with Gasteiger partial charge >= 0.3 is 6.85 Å². The van der Waals surface area contributed by atoms with Crippen molar-refractivity contribution in [2.45, 2.75) is 0 Å². The van der Waals surface area contributed by atoms with Crippen LogP contribution < -0.4 is 16.0 Å². The van der Waals surface area contributed by atoms with Crippen molar-refractivity contribution in [2.24, 2.45) is 0 Å². The van der Waals surface area contributed by atoms with Crippen LogP contribution >= 0.6 is 0 Å². The highest BCUT2D eigenvalue weighted by Crippen LogP contribution is 2.50. The van der Waals surface area contributed by atoms with E-state index in [-0.39, 0.29) is 6.85 Å². The lowest BCUT2D eigenvalue weighted by Crippen LogP contribution is -2.58. The summed E-state index contributed by atoms with van der Waals surface area (Å²) in [5.41, 5.74) is 17.3. The van der Waals surface area contributed by atoms with Crippen LogP contribution in [0, 0.1) is 0 Å². The molecule has 2 aliphatic rings. The SMILES string of the molecule is c1ccc(N2c3cccc4c3B(c3c2c2ccccc2n3-c2ccccc2)n2c3ccccc3c3c5c6ccccc6n(-c6ccccc6)c5cc-4c32)cc1. The topological polar surface area (TPSA) is 18.0 Å². The van der Waals surface area contributed by atoms with Crippen molar-refractivity contribution < 1.29 is 0 Å². The monoisotopic (exact) mass is 698 g/mol. The highest BCUT2D eigenvalue weighted by atomic mass is 15.2. The molecule has 0 unspecified atom stereocenters. The second kappa shape index (κ2) is 10.7. The fourth-order valence-corrected chi connectivity index (χ4v) is 10.2.